The number of nitrogens with one attached hydrogen (secondary N) is 1. The van der Waals surface area contributed by atoms with Crippen LogP contribution in [0.2, 0.25) is 0 Å². The molecule has 1 saturated heterocycles. The van der Waals surface area contributed by atoms with Gasteiger partial charge in [0.05, 0.1) is 5.69 Å². The Kier molecular flexibility index (Phi) is 5.10. The van der Waals surface area contributed by atoms with Crippen LogP contribution in [0.5, 0.6) is 0 Å². The van der Waals surface area contributed by atoms with Crippen molar-refractivity contribution < 1.29 is 17.6 Å². The molecule has 2 heterocycles. The summed E-state index contributed by atoms with van der Waals surface area (Å²) in [6.45, 7) is 2.19. The zero-order chi connectivity index (χ0) is 18.9. The number of amides is 1. The molecule has 0 aliphatic carbocycles. The summed E-state index contributed by atoms with van der Waals surface area (Å²) in [5.74, 6) is -0.610. The molecule has 0 spiro atoms. The number of hydrogen-bond donors (Lipinski definition) is 1. The van der Waals surface area contributed by atoms with Gasteiger partial charge in [-0.1, -0.05) is 12.1 Å². The summed E-state index contributed by atoms with van der Waals surface area (Å²) in [6, 6.07) is 7.10. The first kappa shape index (κ1) is 18.5. The summed E-state index contributed by atoms with van der Waals surface area (Å²) >= 11 is 0. The first-order chi connectivity index (χ1) is 12.3. The van der Waals surface area contributed by atoms with E-state index in [1.807, 2.05) is 6.92 Å². The number of rotatable bonds is 4. The molecular formula is C17H21FN4O3S. The van der Waals surface area contributed by atoms with Crippen LogP contribution in [-0.2, 0) is 21.9 Å². The largest absolute Gasteiger partial charge is 0.311 e. The van der Waals surface area contributed by atoms with Crippen molar-refractivity contribution >= 4 is 21.7 Å². The fourth-order valence-electron chi connectivity index (χ4n) is 3.11. The van der Waals surface area contributed by atoms with Gasteiger partial charge in [-0.2, -0.15) is 9.40 Å². The van der Waals surface area contributed by atoms with E-state index in [0.29, 0.717) is 18.7 Å². The predicted molar refractivity (Wildman–Crippen MR) is 94.5 cm³/mol. The normalized spacial score (nSPS) is 16.6. The second-order valence-electron chi connectivity index (χ2n) is 6.39. The third-order valence-electron chi connectivity index (χ3n) is 4.53. The predicted octanol–water partition coefficient (Wildman–Crippen LogP) is 1.91. The monoisotopic (exact) mass is 380 g/mol. The highest BCUT2D eigenvalue weighted by Crippen LogP contribution is 2.26. The highest BCUT2D eigenvalue weighted by molar-refractivity contribution is 7.89. The Labute approximate surface area is 151 Å². The van der Waals surface area contributed by atoms with Crippen molar-refractivity contribution in [2.75, 3.05) is 18.4 Å². The maximum absolute atomic E-state index is 13.8. The van der Waals surface area contributed by atoms with Crippen LogP contribution in [0.15, 0.2) is 35.2 Å². The second kappa shape index (κ2) is 7.16. The number of sulfonamides is 1. The van der Waals surface area contributed by atoms with Crippen molar-refractivity contribution in [1.82, 2.24) is 14.1 Å². The number of anilines is 1. The van der Waals surface area contributed by atoms with Gasteiger partial charge in [0, 0.05) is 32.1 Å². The van der Waals surface area contributed by atoms with Crippen molar-refractivity contribution in [3.8, 4) is 0 Å². The summed E-state index contributed by atoms with van der Waals surface area (Å²) in [4.78, 5) is 12.1. The van der Waals surface area contributed by atoms with Gasteiger partial charge in [0.2, 0.25) is 15.9 Å². The molecule has 140 valence electrons. The van der Waals surface area contributed by atoms with E-state index in [-0.39, 0.29) is 29.8 Å². The lowest BCUT2D eigenvalue weighted by atomic mass is 9.97. The SMILES string of the molecule is Cc1cc(NC(=O)C2CCN(S(=O)(=O)c3ccccc3F)CC2)n(C)n1. The van der Waals surface area contributed by atoms with Crippen LogP contribution in [-0.4, -0.2) is 41.5 Å². The number of halogens is 1. The molecule has 0 radical (unpaired) electrons. The van der Waals surface area contributed by atoms with Gasteiger partial charge in [-0.05, 0) is 31.9 Å². The Morgan fingerprint density at radius 3 is 2.50 bits per heavy atom. The van der Waals surface area contributed by atoms with E-state index in [0.717, 1.165) is 11.8 Å². The minimum absolute atomic E-state index is 0.157. The molecule has 0 unspecified atom stereocenters. The van der Waals surface area contributed by atoms with Crippen molar-refractivity contribution in [2.45, 2.75) is 24.7 Å². The maximum Gasteiger partial charge on any atom is 0.245 e. The van der Waals surface area contributed by atoms with Gasteiger partial charge >= 0.3 is 0 Å². The number of hydrogen-bond acceptors (Lipinski definition) is 4. The molecule has 7 nitrogen and oxygen atoms in total. The number of carbonyl (C=O) groups is 1. The van der Waals surface area contributed by atoms with Crippen LogP contribution in [0.4, 0.5) is 10.2 Å². The molecule has 1 aromatic heterocycles. The fourth-order valence-corrected chi connectivity index (χ4v) is 4.64. The van der Waals surface area contributed by atoms with E-state index in [9.17, 15) is 17.6 Å². The lowest BCUT2D eigenvalue weighted by Gasteiger charge is -2.30. The van der Waals surface area contributed by atoms with Gasteiger partial charge in [0.25, 0.3) is 0 Å². The molecule has 3 rings (SSSR count). The Morgan fingerprint density at radius 2 is 1.92 bits per heavy atom. The van der Waals surface area contributed by atoms with Gasteiger partial charge in [-0.15, -0.1) is 0 Å². The van der Waals surface area contributed by atoms with E-state index in [4.69, 9.17) is 0 Å². The van der Waals surface area contributed by atoms with Crippen LogP contribution in [0, 0.1) is 18.7 Å². The minimum atomic E-state index is -3.89. The van der Waals surface area contributed by atoms with E-state index in [1.54, 1.807) is 17.8 Å². The van der Waals surface area contributed by atoms with Gasteiger partial charge in [-0.25, -0.2) is 12.8 Å². The van der Waals surface area contributed by atoms with E-state index in [2.05, 4.69) is 10.4 Å². The quantitative estimate of drug-likeness (QED) is 0.878. The van der Waals surface area contributed by atoms with Crippen molar-refractivity contribution in [1.29, 1.82) is 0 Å². The third kappa shape index (κ3) is 3.63. The van der Waals surface area contributed by atoms with Crippen LogP contribution in [0.3, 0.4) is 0 Å². The maximum atomic E-state index is 13.8. The Bertz CT molecular complexity index is 918. The topological polar surface area (TPSA) is 84.3 Å². The Balaban J connectivity index is 1.64. The molecule has 1 amide bonds. The van der Waals surface area contributed by atoms with Crippen LogP contribution >= 0.6 is 0 Å². The molecular weight excluding hydrogens is 359 g/mol. The van der Waals surface area contributed by atoms with Gasteiger partial charge in [0.15, 0.2) is 0 Å². The lowest BCUT2D eigenvalue weighted by Crippen LogP contribution is -2.41. The summed E-state index contributed by atoms with van der Waals surface area (Å²) in [6.07, 6.45) is 0.771. The molecule has 1 aliphatic heterocycles. The molecule has 26 heavy (non-hydrogen) atoms. The van der Waals surface area contributed by atoms with Gasteiger partial charge in [-0.3, -0.25) is 9.48 Å². The van der Waals surface area contributed by atoms with Crippen LogP contribution < -0.4 is 5.32 Å². The van der Waals surface area contributed by atoms with E-state index in [1.165, 1.54) is 22.5 Å². The molecule has 0 saturated carbocycles. The molecule has 0 bridgehead atoms. The number of aryl methyl sites for hydroxylation is 2. The zero-order valence-corrected chi connectivity index (χ0v) is 15.5. The van der Waals surface area contributed by atoms with Crippen LogP contribution in [0.1, 0.15) is 18.5 Å². The standard InChI is InChI=1S/C17H21FN4O3S/c1-12-11-16(21(2)20-12)19-17(23)13-7-9-22(10-8-13)26(24,25)15-6-4-3-5-14(15)18/h3-6,11,13H,7-10H2,1-2H3,(H,19,23). The molecule has 9 heteroatoms. The van der Waals surface area contributed by atoms with E-state index < -0.39 is 15.8 Å². The van der Waals surface area contributed by atoms with Crippen molar-refractivity contribution in [3.05, 3.63) is 41.8 Å². The number of piperidine rings is 1. The smallest absolute Gasteiger partial charge is 0.245 e. The third-order valence-corrected chi connectivity index (χ3v) is 6.46. The van der Waals surface area contributed by atoms with Crippen LogP contribution in [0.25, 0.3) is 0 Å². The van der Waals surface area contributed by atoms with Crippen molar-refractivity contribution in [3.63, 3.8) is 0 Å². The summed E-state index contributed by atoms with van der Waals surface area (Å²) in [5.41, 5.74) is 0.800. The van der Waals surface area contributed by atoms with Gasteiger partial charge in [0.1, 0.15) is 16.5 Å². The molecule has 0 atom stereocenters. The van der Waals surface area contributed by atoms with E-state index >= 15 is 0 Å². The van der Waals surface area contributed by atoms with Crippen molar-refractivity contribution in [2.24, 2.45) is 13.0 Å². The number of nitrogens with zero attached hydrogens (tertiary/aromatic N) is 3. The first-order valence-electron chi connectivity index (χ1n) is 8.35. The summed E-state index contributed by atoms with van der Waals surface area (Å²) in [5, 5.41) is 7.00. The molecule has 1 N–H and O–H groups in total. The first-order valence-corrected chi connectivity index (χ1v) is 9.79. The molecule has 1 aliphatic rings. The second-order valence-corrected chi connectivity index (χ2v) is 8.30. The number of aromatic nitrogens is 2. The Morgan fingerprint density at radius 1 is 1.27 bits per heavy atom. The highest BCUT2D eigenvalue weighted by Gasteiger charge is 2.33. The molecule has 1 aromatic carbocycles. The fraction of sp³-hybridized carbons (Fsp3) is 0.412. The average molecular weight is 380 g/mol. The minimum Gasteiger partial charge on any atom is -0.311 e. The average Bonchev–Trinajstić information content (AvgIpc) is 2.92. The molecule has 1 fully saturated rings. The Hall–Kier alpha value is -2.26. The zero-order valence-electron chi connectivity index (χ0n) is 14.6. The summed E-state index contributed by atoms with van der Waals surface area (Å²) in [7, 11) is -2.15. The number of benzene rings is 1. The molecule has 2 aromatic rings. The highest BCUT2D eigenvalue weighted by atomic mass is 32.2. The summed E-state index contributed by atoms with van der Waals surface area (Å²) < 4.78 is 41.9. The lowest BCUT2D eigenvalue weighted by molar-refractivity contribution is -0.121. The number of carbonyl (C=O) groups excluding carboxylic acids is 1. The van der Waals surface area contributed by atoms with Gasteiger partial charge < -0.3 is 5.32 Å².